The molecular formula is C19H20O3S. The van der Waals surface area contributed by atoms with Gasteiger partial charge in [-0.25, -0.2) is 4.79 Å². The lowest BCUT2D eigenvalue weighted by Gasteiger charge is -2.32. The second kappa shape index (κ2) is 6.02. The minimum absolute atomic E-state index is 0.115. The first kappa shape index (κ1) is 16.1. The molecule has 2 aromatic carbocycles. The highest BCUT2D eigenvalue weighted by atomic mass is 32.2. The molecule has 0 fully saturated rings. The van der Waals surface area contributed by atoms with Gasteiger partial charge in [-0.3, -0.25) is 0 Å². The van der Waals surface area contributed by atoms with Gasteiger partial charge in [-0.1, -0.05) is 38.1 Å². The smallest absolute Gasteiger partial charge is 0.335 e. The van der Waals surface area contributed by atoms with E-state index in [2.05, 4.69) is 26.0 Å². The molecule has 2 N–H and O–H groups in total. The van der Waals surface area contributed by atoms with E-state index in [-0.39, 0.29) is 11.0 Å². The molecule has 120 valence electrons. The largest absolute Gasteiger partial charge is 0.478 e. The Bertz CT molecular complexity index is 735. The van der Waals surface area contributed by atoms with Gasteiger partial charge in [0, 0.05) is 4.90 Å². The molecule has 0 spiro atoms. The van der Waals surface area contributed by atoms with E-state index >= 15 is 0 Å². The van der Waals surface area contributed by atoms with Crippen LogP contribution in [0.25, 0.3) is 0 Å². The third kappa shape index (κ3) is 3.14. The monoisotopic (exact) mass is 328 g/mol. The fourth-order valence-corrected chi connectivity index (χ4v) is 4.41. The van der Waals surface area contributed by atoms with Gasteiger partial charge in [-0.15, -0.1) is 11.8 Å². The van der Waals surface area contributed by atoms with E-state index in [1.807, 2.05) is 17.8 Å². The predicted molar refractivity (Wildman–Crippen MR) is 92.3 cm³/mol. The lowest BCUT2D eigenvalue weighted by molar-refractivity contribution is 0.0696. The maximum absolute atomic E-state index is 10.9. The van der Waals surface area contributed by atoms with Crippen LogP contribution in [0.1, 0.15) is 53.4 Å². The van der Waals surface area contributed by atoms with Crippen LogP contribution in [0.4, 0.5) is 0 Å². The number of hydrogen-bond donors (Lipinski definition) is 2. The summed E-state index contributed by atoms with van der Waals surface area (Å²) in [6.45, 7) is 4.48. The Kier molecular flexibility index (Phi) is 4.21. The topological polar surface area (TPSA) is 57.5 Å². The Hall–Kier alpha value is -1.78. The first-order chi connectivity index (χ1) is 10.9. The van der Waals surface area contributed by atoms with Crippen LogP contribution in [0, 0.1) is 0 Å². The van der Waals surface area contributed by atoms with Gasteiger partial charge in [0.2, 0.25) is 0 Å². The van der Waals surface area contributed by atoms with Gasteiger partial charge in [0.1, 0.15) is 6.10 Å². The van der Waals surface area contributed by atoms with Crippen LogP contribution in [-0.2, 0) is 5.41 Å². The van der Waals surface area contributed by atoms with Gasteiger partial charge in [0.25, 0.3) is 0 Å². The van der Waals surface area contributed by atoms with E-state index < -0.39 is 12.1 Å². The highest BCUT2D eigenvalue weighted by Crippen LogP contribution is 2.42. The van der Waals surface area contributed by atoms with Gasteiger partial charge >= 0.3 is 5.97 Å². The summed E-state index contributed by atoms with van der Waals surface area (Å²) in [5.74, 6) is 0.164. The SMILES string of the molecule is CC1(C)CCSc2ccc(C(O)c3ccc(C(=O)O)cc3)cc21. The first-order valence-electron chi connectivity index (χ1n) is 7.67. The van der Waals surface area contributed by atoms with Crippen LogP contribution in [0.2, 0.25) is 0 Å². The molecule has 0 amide bonds. The maximum Gasteiger partial charge on any atom is 0.335 e. The Labute approximate surface area is 140 Å². The van der Waals surface area contributed by atoms with Gasteiger partial charge in [0.05, 0.1) is 5.56 Å². The van der Waals surface area contributed by atoms with Crippen molar-refractivity contribution in [1.82, 2.24) is 0 Å². The lowest BCUT2D eigenvalue weighted by atomic mass is 9.80. The molecule has 23 heavy (non-hydrogen) atoms. The fraction of sp³-hybridized carbons (Fsp3) is 0.316. The third-order valence-corrected chi connectivity index (χ3v) is 5.58. The van der Waals surface area contributed by atoms with Crippen molar-refractivity contribution >= 4 is 17.7 Å². The van der Waals surface area contributed by atoms with Crippen LogP contribution in [0.15, 0.2) is 47.4 Å². The molecule has 1 aliphatic heterocycles. The van der Waals surface area contributed by atoms with Crippen molar-refractivity contribution in [3.05, 3.63) is 64.7 Å². The number of rotatable bonds is 3. The zero-order valence-electron chi connectivity index (χ0n) is 13.2. The Balaban J connectivity index is 1.94. The summed E-state index contributed by atoms with van der Waals surface area (Å²) in [5, 5.41) is 19.6. The summed E-state index contributed by atoms with van der Waals surface area (Å²) < 4.78 is 0. The minimum Gasteiger partial charge on any atom is -0.478 e. The van der Waals surface area contributed by atoms with E-state index in [0.717, 1.165) is 17.7 Å². The molecule has 3 rings (SSSR count). The van der Waals surface area contributed by atoms with Crippen molar-refractivity contribution in [1.29, 1.82) is 0 Å². The van der Waals surface area contributed by atoms with Crippen LogP contribution in [0.3, 0.4) is 0 Å². The van der Waals surface area contributed by atoms with Gasteiger partial charge < -0.3 is 10.2 Å². The third-order valence-electron chi connectivity index (χ3n) is 4.51. The summed E-state index contributed by atoms with van der Waals surface area (Å²) in [5.41, 5.74) is 3.18. The summed E-state index contributed by atoms with van der Waals surface area (Å²) in [4.78, 5) is 12.2. The molecule has 0 aliphatic carbocycles. The summed E-state index contributed by atoms with van der Waals surface area (Å²) in [6, 6.07) is 12.5. The first-order valence-corrected chi connectivity index (χ1v) is 8.65. The molecule has 1 atom stereocenters. The van der Waals surface area contributed by atoms with E-state index in [1.54, 1.807) is 12.1 Å². The fourth-order valence-electron chi connectivity index (χ4n) is 2.92. The highest BCUT2D eigenvalue weighted by Gasteiger charge is 2.28. The number of carboxylic acids is 1. The van der Waals surface area contributed by atoms with Crippen molar-refractivity contribution in [2.24, 2.45) is 0 Å². The van der Waals surface area contributed by atoms with Crippen LogP contribution in [-0.4, -0.2) is 21.9 Å². The number of fused-ring (bicyclic) bond motifs is 1. The average molecular weight is 328 g/mol. The van der Waals surface area contributed by atoms with Crippen molar-refractivity contribution in [3.63, 3.8) is 0 Å². The van der Waals surface area contributed by atoms with Crippen LogP contribution >= 0.6 is 11.8 Å². The number of hydrogen-bond acceptors (Lipinski definition) is 3. The van der Waals surface area contributed by atoms with Crippen LogP contribution < -0.4 is 0 Å². The lowest BCUT2D eigenvalue weighted by Crippen LogP contribution is -2.23. The van der Waals surface area contributed by atoms with E-state index in [0.29, 0.717) is 5.56 Å². The Morgan fingerprint density at radius 3 is 2.43 bits per heavy atom. The molecule has 3 nitrogen and oxygen atoms in total. The number of aliphatic hydroxyl groups excluding tert-OH is 1. The van der Waals surface area contributed by atoms with E-state index in [9.17, 15) is 9.90 Å². The van der Waals surface area contributed by atoms with Crippen molar-refractivity contribution in [2.75, 3.05) is 5.75 Å². The van der Waals surface area contributed by atoms with Crippen molar-refractivity contribution < 1.29 is 15.0 Å². The minimum atomic E-state index is -0.960. The van der Waals surface area contributed by atoms with E-state index in [1.165, 1.54) is 22.6 Å². The summed E-state index contributed by atoms with van der Waals surface area (Å²) in [6.07, 6.45) is 0.378. The van der Waals surface area contributed by atoms with Crippen molar-refractivity contribution in [2.45, 2.75) is 36.7 Å². The molecule has 1 heterocycles. The molecule has 4 heteroatoms. The van der Waals surface area contributed by atoms with Gasteiger partial charge in [-0.2, -0.15) is 0 Å². The standard InChI is InChI=1S/C19H20O3S/c1-19(2)9-10-23-16-8-7-14(11-15(16)19)17(20)12-3-5-13(6-4-12)18(21)22/h3-8,11,17,20H,9-10H2,1-2H3,(H,21,22). The number of carboxylic acid groups (broad SMARTS) is 1. The van der Waals surface area contributed by atoms with Gasteiger partial charge in [0.15, 0.2) is 0 Å². The Morgan fingerprint density at radius 2 is 1.78 bits per heavy atom. The number of carbonyl (C=O) groups is 1. The number of aliphatic hydroxyl groups is 1. The molecule has 0 saturated carbocycles. The number of thioether (sulfide) groups is 1. The molecule has 0 aromatic heterocycles. The molecule has 0 radical (unpaired) electrons. The zero-order chi connectivity index (χ0) is 16.6. The second-order valence-electron chi connectivity index (χ2n) is 6.57. The average Bonchev–Trinajstić information content (AvgIpc) is 2.54. The summed E-state index contributed by atoms with van der Waals surface area (Å²) >= 11 is 1.87. The normalized spacial score (nSPS) is 17.3. The van der Waals surface area contributed by atoms with Gasteiger partial charge in [-0.05, 0) is 52.5 Å². The second-order valence-corrected chi connectivity index (χ2v) is 7.70. The van der Waals surface area contributed by atoms with E-state index in [4.69, 9.17) is 5.11 Å². The highest BCUT2D eigenvalue weighted by molar-refractivity contribution is 7.99. The Morgan fingerprint density at radius 1 is 1.13 bits per heavy atom. The zero-order valence-corrected chi connectivity index (χ0v) is 14.1. The molecule has 0 bridgehead atoms. The van der Waals surface area contributed by atoms with Crippen molar-refractivity contribution in [3.8, 4) is 0 Å². The summed E-state index contributed by atoms with van der Waals surface area (Å²) in [7, 11) is 0. The quantitative estimate of drug-likeness (QED) is 0.885. The molecular weight excluding hydrogens is 308 g/mol. The number of aromatic carboxylic acids is 1. The predicted octanol–water partition coefficient (Wildman–Crippen LogP) is 4.24. The van der Waals surface area contributed by atoms with Crippen LogP contribution in [0.5, 0.6) is 0 Å². The maximum atomic E-state index is 10.9. The molecule has 1 aliphatic rings. The molecule has 2 aromatic rings. The molecule has 1 unspecified atom stereocenters. The number of benzene rings is 2. The molecule has 0 saturated heterocycles.